The minimum atomic E-state index is -0.454. The molecule has 1 aromatic carbocycles. The topological polar surface area (TPSA) is 66.2 Å². The van der Waals surface area contributed by atoms with Gasteiger partial charge in [0.1, 0.15) is 17.6 Å². The number of nitrogens with zero attached hydrogens (tertiary/aromatic N) is 3. The molecule has 0 aliphatic heterocycles. The fourth-order valence-corrected chi connectivity index (χ4v) is 1.67. The molecule has 0 spiro atoms. The van der Waals surface area contributed by atoms with Gasteiger partial charge in [-0.1, -0.05) is 6.07 Å². The molecular formula is C12H13N3O3. The summed E-state index contributed by atoms with van der Waals surface area (Å²) in [6.45, 7) is 0. The maximum absolute atomic E-state index is 11.6. The lowest BCUT2D eigenvalue weighted by Gasteiger charge is -2.09. The molecule has 0 amide bonds. The van der Waals surface area contributed by atoms with E-state index in [9.17, 15) is 4.79 Å². The van der Waals surface area contributed by atoms with Crippen molar-refractivity contribution in [3.63, 3.8) is 0 Å². The number of ether oxygens (including phenoxy) is 2. The zero-order valence-corrected chi connectivity index (χ0v) is 10.4. The van der Waals surface area contributed by atoms with Crippen molar-refractivity contribution in [2.24, 2.45) is 7.05 Å². The number of aryl methyl sites for hydroxylation is 1. The van der Waals surface area contributed by atoms with Crippen LogP contribution in [0.25, 0.3) is 11.4 Å². The number of hydrogen-bond acceptors (Lipinski definition) is 5. The van der Waals surface area contributed by atoms with Crippen LogP contribution in [0.2, 0.25) is 0 Å². The highest BCUT2D eigenvalue weighted by molar-refractivity contribution is 5.95. The Morgan fingerprint density at radius 1 is 1.33 bits per heavy atom. The normalized spacial score (nSPS) is 10.2. The molecule has 0 aliphatic carbocycles. The minimum absolute atomic E-state index is 0.352. The molecule has 2 rings (SSSR count). The van der Waals surface area contributed by atoms with E-state index in [1.165, 1.54) is 14.2 Å². The van der Waals surface area contributed by atoms with E-state index in [1.54, 1.807) is 36.3 Å². The van der Waals surface area contributed by atoms with Crippen molar-refractivity contribution in [3.05, 3.63) is 30.1 Å². The van der Waals surface area contributed by atoms with Gasteiger partial charge in [-0.15, -0.1) is 0 Å². The molecule has 6 heteroatoms. The van der Waals surface area contributed by atoms with Crippen LogP contribution in [0.3, 0.4) is 0 Å². The molecule has 2 aromatic rings. The summed E-state index contributed by atoms with van der Waals surface area (Å²) in [4.78, 5) is 15.8. The molecule has 1 heterocycles. The van der Waals surface area contributed by atoms with Crippen molar-refractivity contribution in [2.45, 2.75) is 0 Å². The highest BCUT2D eigenvalue weighted by atomic mass is 16.5. The SMILES string of the molecule is COC(=O)c1cccc(-c2ncn(C)n2)c1OC. The number of benzene rings is 1. The molecule has 0 fully saturated rings. The quantitative estimate of drug-likeness (QED) is 0.764. The maximum atomic E-state index is 11.6. The average molecular weight is 247 g/mol. The molecule has 0 radical (unpaired) electrons. The van der Waals surface area contributed by atoms with Crippen LogP contribution in [0.1, 0.15) is 10.4 Å². The van der Waals surface area contributed by atoms with Crippen molar-refractivity contribution in [1.82, 2.24) is 14.8 Å². The van der Waals surface area contributed by atoms with Crippen LogP contribution < -0.4 is 4.74 Å². The number of carbonyl (C=O) groups is 1. The van der Waals surface area contributed by atoms with Gasteiger partial charge in [0.05, 0.1) is 19.8 Å². The average Bonchev–Trinajstić information content (AvgIpc) is 2.83. The summed E-state index contributed by atoms with van der Waals surface area (Å²) in [5.41, 5.74) is 1.01. The Bertz CT molecular complexity index is 578. The van der Waals surface area contributed by atoms with Gasteiger partial charge in [0.2, 0.25) is 0 Å². The van der Waals surface area contributed by atoms with Crippen LogP contribution >= 0.6 is 0 Å². The van der Waals surface area contributed by atoms with Crippen LogP contribution in [0.5, 0.6) is 5.75 Å². The van der Waals surface area contributed by atoms with Crippen molar-refractivity contribution in [1.29, 1.82) is 0 Å². The minimum Gasteiger partial charge on any atom is -0.495 e. The molecule has 6 nitrogen and oxygen atoms in total. The molecular weight excluding hydrogens is 234 g/mol. The number of aromatic nitrogens is 3. The first-order valence-corrected chi connectivity index (χ1v) is 5.28. The van der Waals surface area contributed by atoms with Crippen molar-refractivity contribution < 1.29 is 14.3 Å². The predicted octanol–water partition coefficient (Wildman–Crippen LogP) is 1.28. The number of rotatable bonds is 3. The van der Waals surface area contributed by atoms with Gasteiger partial charge in [-0.25, -0.2) is 9.78 Å². The second-order valence-corrected chi connectivity index (χ2v) is 3.62. The molecule has 0 saturated heterocycles. The molecule has 0 unspecified atom stereocenters. The zero-order valence-electron chi connectivity index (χ0n) is 10.4. The molecule has 1 aromatic heterocycles. The van der Waals surface area contributed by atoms with E-state index in [0.717, 1.165) is 0 Å². The van der Waals surface area contributed by atoms with Gasteiger partial charge in [0.25, 0.3) is 0 Å². The second kappa shape index (κ2) is 4.87. The van der Waals surface area contributed by atoms with E-state index in [1.807, 2.05) is 0 Å². The molecule has 18 heavy (non-hydrogen) atoms. The first kappa shape index (κ1) is 12.1. The lowest BCUT2D eigenvalue weighted by Crippen LogP contribution is -2.05. The highest BCUT2D eigenvalue weighted by Crippen LogP contribution is 2.31. The van der Waals surface area contributed by atoms with Crippen molar-refractivity contribution in [2.75, 3.05) is 14.2 Å². The third-order valence-electron chi connectivity index (χ3n) is 2.46. The van der Waals surface area contributed by atoms with E-state index in [-0.39, 0.29) is 0 Å². The fourth-order valence-electron chi connectivity index (χ4n) is 1.67. The van der Waals surface area contributed by atoms with Crippen LogP contribution in [-0.4, -0.2) is 35.0 Å². The molecule has 0 atom stereocenters. The summed E-state index contributed by atoms with van der Waals surface area (Å²) in [6.07, 6.45) is 1.58. The van der Waals surface area contributed by atoms with Gasteiger partial charge >= 0.3 is 5.97 Å². The smallest absolute Gasteiger partial charge is 0.341 e. The second-order valence-electron chi connectivity index (χ2n) is 3.62. The summed E-state index contributed by atoms with van der Waals surface area (Å²) in [6, 6.07) is 5.16. The standard InChI is InChI=1S/C12H13N3O3/c1-15-7-13-11(14-15)8-5-4-6-9(10(8)17-2)12(16)18-3/h4-7H,1-3H3. The Balaban J connectivity index is 2.58. The van der Waals surface area contributed by atoms with Crippen LogP contribution in [0.15, 0.2) is 24.5 Å². The largest absolute Gasteiger partial charge is 0.495 e. The van der Waals surface area contributed by atoms with Gasteiger partial charge in [0.15, 0.2) is 5.82 Å². The van der Waals surface area contributed by atoms with Gasteiger partial charge in [-0.05, 0) is 12.1 Å². The first-order chi connectivity index (χ1) is 8.67. The number of hydrogen-bond donors (Lipinski definition) is 0. The summed E-state index contributed by atoms with van der Waals surface area (Å²) in [7, 11) is 4.59. The lowest BCUT2D eigenvalue weighted by atomic mass is 10.1. The van der Waals surface area contributed by atoms with Crippen LogP contribution in [0, 0.1) is 0 Å². The summed E-state index contributed by atoms with van der Waals surface area (Å²) < 4.78 is 11.6. The van der Waals surface area contributed by atoms with Crippen LogP contribution in [-0.2, 0) is 11.8 Å². The Morgan fingerprint density at radius 2 is 2.11 bits per heavy atom. The Kier molecular flexibility index (Phi) is 3.27. The van der Waals surface area contributed by atoms with E-state index < -0.39 is 5.97 Å². The van der Waals surface area contributed by atoms with Crippen LogP contribution in [0.4, 0.5) is 0 Å². The summed E-state index contributed by atoms with van der Waals surface area (Å²) >= 11 is 0. The van der Waals surface area contributed by atoms with Gasteiger partial charge in [-0.3, -0.25) is 4.68 Å². The van der Waals surface area contributed by atoms with E-state index >= 15 is 0 Å². The number of para-hydroxylation sites is 1. The van der Waals surface area contributed by atoms with Gasteiger partial charge in [-0.2, -0.15) is 5.10 Å². The Labute approximate surface area is 104 Å². The number of carbonyl (C=O) groups excluding carboxylic acids is 1. The third-order valence-corrected chi connectivity index (χ3v) is 2.46. The Hall–Kier alpha value is -2.37. The van der Waals surface area contributed by atoms with E-state index in [4.69, 9.17) is 9.47 Å². The lowest BCUT2D eigenvalue weighted by molar-refractivity contribution is 0.0597. The maximum Gasteiger partial charge on any atom is 0.341 e. The predicted molar refractivity (Wildman–Crippen MR) is 64.3 cm³/mol. The fraction of sp³-hybridized carbons (Fsp3) is 0.250. The van der Waals surface area contributed by atoms with Gasteiger partial charge < -0.3 is 9.47 Å². The third kappa shape index (κ3) is 2.04. The van der Waals surface area contributed by atoms with Gasteiger partial charge in [0, 0.05) is 7.05 Å². The Morgan fingerprint density at radius 3 is 2.67 bits per heavy atom. The summed E-state index contributed by atoms with van der Waals surface area (Å²) in [5, 5.41) is 4.19. The molecule has 0 saturated carbocycles. The van der Waals surface area contributed by atoms with E-state index in [2.05, 4.69) is 10.1 Å². The van der Waals surface area contributed by atoms with E-state index in [0.29, 0.717) is 22.7 Å². The molecule has 94 valence electrons. The molecule has 0 N–H and O–H groups in total. The summed E-state index contributed by atoms with van der Waals surface area (Å²) in [5.74, 6) is 0.459. The van der Waals surface area contributed by atoms with Crippen molar-refractivity contribution >= 4 is 5.97 Å². The monoisotopic (exact) mass is 247 g/mol. The highest BCUT2D eigenvalue weighted by Gasteiger charge is 2.18. The number of methoxy groups -OCH3 is 2. The van der Waals surface area contributed by atoms with Crippen molar-refractivity contribution in [3.8, 4) is 17.1 Å². The molecule has 0 aliphatic rings. The number of esters is 1. The molecule has 0 bridgehead atoms. The first-order valence-electron chi connectivity index (χ1n) is 5.28. The zero-order chi connectivity index (χ0) is 13.1.